The Balaban J connectivity index is 2.51. The molecule has 0 radical (unpaired) electrons. The van der Waals surface area contributed by atoms with Crippen molar-refractivity contribution in [2.45, 2.75) is 6.61 Å². The molecule has 0 aromatic carbocycles. The normalized spacial score (nSPS) is 10.6. The van der Waals surface area contributed by atoms with Gasteiger partial charge in [0.15, 0.2) is 5.82 Å². The van der Waals surface area contributed by atoms with E-state index in [1.165, 1.54) is 19.2 Å². The van der Waals surface area contributed by atoms with Gasteiger partial charge in [0.05, 0.1) is 18.5 Å². The highest BCUT2D eigenvalue weighted by Gasteiger charge is 2.10. The van der Waals surface area contributed by atoms with Gasteiger partial charge < -0.3 is 9.72 Å². The highest BCUT2D eigenvalue weighted by Crippen LogP contribution is 2.13. The molecule has 7 heteroatoms. The van der Waals surface area contributed by atoms with Crippen LogP contribution in [-0.4, -0.2) is 22.1 Å². The predicted octanol–water partition coefficient (Wildman–Crippen LogP) is 1.72. The van der Waals surface area contributed by atoms with E-state index in [-0.39, 0.29) is 12.2 Å². The van der Waals surface area contributed by atoms with E-state index in [0.29, 0.717) is 20.8 Å². The highest BCUT2D eigenvalue weighted by molar-refractivity contribution is 14.1. The molecule has 0 bridgehead atoms. The minimum Gasteiger partial charge on any atom is -0.378 e. The smallest absolute Gasteiger partial charge is 0.265 e. The lowest BCUT2D eigenvalue weighted by molar-refractivity contribution is 0.180. The molecule has 0 aliphatic rings. The number of nitrogens with one attached hydrogen (secondary N) is 1. The van der Waals surface area contributed by atoms with Gasteiger partial charge in [-0.2, -0.15) is 0 Å². The third-order valence-corrected chi connectivity index (χ3v) is 3.29. The number of pyridine rings is 1. The van der Waals surface area contributed by atoms with E-state index in [1.807, 2.05) is 22.6 Å². The number of halogens is 2. The summed E-state index contributed by atoms with van der Waals surface area (Å²) < 4.78 is 18.2. The summed E-state index contributed by atoms with van der Waals surface area (Å²) >= 11 is 1.90. The third kappa shape index (κ3) is 2.72. The zero-order valence-electron chi connectivity index (χ0n) is 9.41. The van der Waals surface area contributed by atoms with Crippen molar-refractivity contribution in [2.75, 3.05) is 7.11 Å². The van der Waals surface area contributed by atoms with Gasteiger partial charge in [0.1, 0.15) is 15.1 Å². The fraction of sp³-hybridized carbons (Fsp3) is 0.182. The second kappa shape index (κ2) is 5.53. The molecule has 0 saturated heterocycles. The van der Waals surface area contributed by atoms with Gasteiger partial charge >= 0.3 is 0 Å². The molecule has 0 amide bonds. The Kier molecular flexibility index (Phi) is 4.02. The van der Waals surface area contributed by atoms with Crippen LogP contribution in [-0.2, 0) is 11.3 Å². The van der Waals surface area contributed by atoms with E-state index in [4.69, 9.17) is 4.74 Å². The molecule has 2 heterocycles. The van der Waals surface area contributed by atoms with Crippen molar-refractivity contribution in [3.05, 3.63) is 43.8 Å². The van der Waals surface area contributed by atoms with E-state index in [9.17, 15) is 9.18 Å². The van der Waals surface area contributed by atoms with Crippen LogP contribution in [0.2, 0.25) is 0 Å². The zero-order valence-corrected chi connectivity index (χ0v) is 11.6. The molecule has 94 valence electrons. The summed E-state index contributed by atoms with van der Waals surface area (Å²) in [6.45, 7) is 0.233. The second-order valence-corrected chi connectivity index (χ2v) is 4.55. The molecule has 2 aromatic heterocycles. The van der Waals surface area contributed by atoms with Gasteiger partial charge in [-0.05, 0) is 34.7 Å². The monoisotopic (exact) mass is 361 g/mol. The first-order valence-electron chi connectivity index (χ1n) is 5.01. The molecular formula is C11H9FIN3O2. The minimum absolute atomic E-state index is 0.233. The molecule has 0 atom stereocenters. The van der Waals surface area contributed by atoms with Gasteiger partial charge in [-0.1, -0.05) is 0 Å². The lowest BCUT2D eigenvalue weighted by Gasteiger charge is -2.05. The number of hydrogen-bond acceptors (Lipinski definition) is 4. The predicted molar refractivity (Wildman–Crippen MR) is 71.5 cm³/mol. The SMILES string of the molecule is COCc1nc(-c2ccc(F)cn2)[nH]c(=O)c1I. The summed E-state index contributed by atoms with van der Waals surface area (Å²) in [5.41, 5.74) is 0.670. The third-order valence-electron chi connectivity index (χ3n) is 2.18. The summed E-state index contributed by atoms with van der Waals surface area (Å²) in [5.74, 6) is -0.142. The van der Waals surface area contributed by atoms with Crippen molar-refractivity contribution in [2.24, 2.45) is 0 Å². The van der Waals surface area contributed by atoms with Crippen molar-refractivity contribution in [1.82, 2.24) is 15.0 Å². The van der Waals surface area contributed by atoms with Gasteiger partial charge in [0.2, 0.25) is 0 Å². The molecule has 5 nitrogen and oxygen atoms in total. The maximum atomic E-state index is 12.8. The van der Waals surface area contributed by atoms with Gasteiger partial charge in [-0.15, -0.1) is 0 Å². The fourth-order valence-corrected chi connectivity index (χ4v) is 1.79. The van der Waals surface area contributed by atoms with Crippen LogP contribution in [0.15, 0.2) is 23.1 Å². The number of H-pyrrole nitrogens is 1. The van der Waals surface area contributed by atoms with Gasteiger partial charge in [0, 0.05) is 7.11 Å². The molecule has 0 spiro atoms. The number of nitrogens with zero attached hydrogens (tertiary/aromatic N) is 2. The van der Waals surface area contributed by atoms with E-state index in [1.54, 1.807) is 0 Å². The average molecular weight is 361 g/mol. The summed E-state index contributed by atoms with van der Waals surface area (Å²) in [6.07, 6.45) is 1.07. The molecular weight excluding hydrogens is 352 g/mol. The summed E-state index contributed by atoms with van der Waals surface area (Å²) in [7, 11) is 1.52. The number of methoxy groups -OCH3 is 1. The van der Waals surface area contributed by atoms with Crippen molar-refractivity contribution in [3.8, 4) is 11.5 Å². The average Bonchev–Trinajstić information content (AvgIpc) is 2.36. The number of hydrogen-bond donors (Lipinski definition) is 1. The van der Waals surface area contributed by atoms with Crippen LogP contribution in [0.5, 0.6) is 0 Å². The highest BCUT2D eigenvalue weighted by atomic mass is 127. The molecule has 0 fully saturated rings. The van der Waals surface area contributed by atoms with Crippen LogP contribution in [0.4, 0.5) is 4.39 Å². The molecule has 2 rings (SSSR count). The van der Waals surface area contributed by atoms with Crippen LogP contribution >= 0.6 is 22.6 Å². The van der Waals surface area contributed by atoms with Crippen molar-refractivity contribution >= 4 is 22.6 Å². The number of aromatic amines is 1. The molecule has 1 N–H and O–H groups in total. The number of aromatic nitrogens is 3. The first-order chi connectivity index (χ1) is 8.61. The lowest BCUT2D eigenvalue weighted by atomic mass is 10.3. The van der Waals surface area contributed by atoms with Crippen molar-refractivity contribution in [3.63, 3.8) is 0 Å². The van der Waals surface area contributed by atoms with E-state index < -0.39 is 5.82 Å². The molecule has 0 aliphatic carbocycles. The van der Waals surface area contributed by atoms with Crippen LogP contribution < -0.4 is 5.56 Å². The Morgan fingerprint density at radius 1 is 1.50 bits per heavy atom. The van der Waals surface area contributed by atoms with Crippen molar-refractivity contribution < 1.29 is 9.13 Å². The van der Waals surface area contributed by atoms with Crippen LogP contribution in [0.25, 0.3) is 11.5 Å². The molecule has 0 unspecified atom stereocenters. The molecule has 0 saturated carbocycles. The van der Waals surface area contributed by atoms with Gasteiger partial charge in [-0.3, -0.25) is 4.79 Å². The van der Waals surface area contributed by atoms with Crippen molar-refractivity contribution in [1.29, 1.82) is 0 Å². The largest absolute Gasteiger partial charge is 0.378 e. The number of ether oxygens (including phenoxy) is 1. The Morgan fingerprint density at radius 3 is 2.89 bits per heavy atom. The summed E-state index contributed by atoms with van der Waals surface area (Å²) in [4.78, 5) is 22.4. The standard InChI is InChI=1S/C11H9FIN3O2/c1-18-5-8-9(13)11(17)16-10(15-8)7-3-2-6(12)4-14-7/h2-4H,5H2,1H3,(H,15,16,17). The summed E-state index contributed by atoms with van der Waals surface area (Å²) in [6, 6.07) is 2.72. The first-order valence-corrected chi connectivity index (χ1v) is 6.09. The molecule has 2 aromatic rings. The Morgan fingerprint density at radius 2 is 2.28 bits per heavy atom. The van der Waals surface area contributed by atoms with E-state index in [0.717, 1.165) is 6.20 Å². The quantitative estimate of drug-likeness (QED) is 0.846. The lowest BCUT2D eigenvalue weighted by Crippen LogP contribution is -2.17. The topological polar surface area (TPSA) is 67.9 Å². The summed E-state index contributed by atoms with van der Waals surface area (Å²) in [5, 5.41) is 0. The maximum absolute atomic E-state index is 12.8. The Bertz CT molecular complexity index is 613. The Labute approximate surface area is 116 Å². The zero-order chi connectivity index (χ0) is 13.1. The molecule has 18 heavy (non-hydrogen) atoms. The van der Waals surface area contributed by atoms with Crippen LogP contribution in [0.3, 0.4) is 0 Å². The minimum atomic E-state index is -0.441. The van der Waals surface area contributed by atoms with E-state index >= 15 is 0 Å². The van der Waals surface area contributed by atoms with Crippen LogP contribution in [0, 0.1) is 9.39 Å². The van der Waals surface area contributed by atoms with Gasteiger partial charge in [0.25, 0.3) is 5.56 Å². The molecule has 0 aliphatic heterocycles. The second-order valence-electron chi connectivity index (χ2n) is 3.47. The Hall–Kier alpha value is -1.35. The number of rotatable bonds is 3. The van der Waals surface area contributed by atoms with Crippen LogP contribution in [0.1, 0.15) is 5.69 Å². The van der Waals surface area contributed by atoms with Gasteiger partial charge in [-0.25, -0.2) is 14.4 Å². The fourth-order valence-electron chi connectivity index (χ4n) is 1.38. The maximum Gasteiger partial charge on any atom is 0.265 e. The van der Waals surface area contributed by atoms with E-state index in [2.05, 4.69) is 15.0 Å². The first kappa shape index (κ1) is 13.1.